The summed E-state index contributed by atoms with van der Waals surface area (Å²) in [7, 11) is 2.01. The molecule has 1 aliphatic rings. The largest absolute Gasteiger partial charge is 0.339 e. The molecule has 3 rings (SSSR count). The van der Waals surface area contributed by atoms with E-state index in [4.69, 9.17) is 0 Å². The van der Waals surface area contributed by atoms with Gasteiger partial charge in [0.2, 0.25) is 5.95 Å². The minimum Gasteiger partial charge on any atom is -0.339 e. The Morgan fingerprint density at radius 2 is 2.05 bits per heavy atom. The fourth-order valence-corrected chi connectivity index (χ4v) is 2.78. The lowest BCUT2D eigenvalue weighted by atomic mass is 10.3. The van der Waals surface area contributed by atoms with E-state index in [0.29, 0.717) is 6.04 Å². The number of hydrogen-bond donors (Lipinski definition) is 1. The monoisotopic (exact) mass is 289 g/mol. The number of aryl methyl sites for hydroxylation is 1. The molecule has 6 heteroatoms. The number of anilines is 1. The van der Waals surface area contributed by atoms with Crippen LogP contribution >= 0.6 is 11.3 Å². The van der Waals surface area contributed by atoms with Crippen LogP contribution in [0, 0.1) is 6.92 Å². The van der Waals surface area contributed by atoms with Gasteiger partial charge in [-0.25, -0.2) is 15.0 Å². The van der Waals surface area contributed by atoms with Crippen molar-refractivity contribution in [1.82, 2.24) is 20.3 Å². The van der Waals surface area contributed by atoms with Crippen molar-refractivity contribution in [3.05, 3.63) is 34.0 Å². The number of thiazole rings is 1. The predicted molar refractivity (Wildman–Crippen MR) is 80.9 cm³/mol. The van der Waals surface area contributed by atoms with Gasteiger partial charge in [0.15, 0.2) is 0 Å². The van der Waals surface area contributed by atoms with Crippen molar-refractivity contribution < 1.29 is 0 Å². The lowest BCUT2D eigenvalue weighted by Crippen LogP contribution is -2.20. The topological polar surface area (TPSA) is 53.9 Å². The highest BCUT2D eigenvalue weighted by molar-refractivity contribution is 7.09. The van der Waals surface area contributed by atoms with Crippen LogP contribution in [0.2, 0.25) is 0 Å². The molecule has 0 aromatic carbocycles. The molecule has 2 aromatic rings. The number of aromatic nitrogens is 3. The van der Waals surface area contributed by atoms with Crippen molar-refractivity contribution in [2.24, 2.45) is 0 Å². The van der Waals surface area contributed by atoms with Crippen molar-refractivity contribution in [3.63, 3.8) is 0 Å². The lowest BCUT2D eigenvalue weighted by Gasteiger charge is -2.16. The average molecular weight is 289 g/mol. The Labute approximate surface area is 123 Å². The SMILES string of the molecule is Cc1ncsc1CN(C)c1ncc(CNC2CC2)cn1. The van der Waals surface area contributed by atoms with Gasteiger partial charge in [-0.3, -0.25) is 0 Å². The number of nitrogens with zero attached hydrogens (tertiary/aromatic N) is 4. The van der Waals surface area contributed by atoms with Crippen molar-refractivity contribution in [2.75, 3.05) is 11.9 Å². The van der Waals surface area contributed by atoms with E-state index in [0.717, 1.165) is 30.3 Å². The van der Waals surface area contributed by atoms with Crippen molar-refractivity contribution in [3.8, 4) is 0 Å². The predicted octanol–water partition coefficient (Wildman–Crippen LogP) is 2.13. The van der Waals surface area contributed by atoms with Gasteiger partial charge < -0.3 is 10.2 Å². The molecule has 1 N–H and O–H groups in total. The van der Waals surface area contributed by atoms with Crippen LogP contribution in [0.1, 0.15) is 29.0 Å². The average Bonchev–Trinajstić information content (AvgIpc) is 3.21. The summed E-state index contributed by atoms with van der Waals surface area (Å²) in [5, 5.41) is 3.47. The molecule has 20 heavy (non-hydrogen) atoms. The van der Waals surface area contributed by atoms with E-state index in [9.17, 15) is 0 Å². The normalized spacial score (nSPS) is 14.5. The molecule has 2 heterocycles. The molecular formula is C14H19N5S. The first-order valence-electron chi connectivity index (χ1n) is 6.87. The van der Waals surface area contributed by atoms with Gasteiger partial charge in [-0.15, -0.1) is 11.3 Å². The summed E-state index contributed by atoms with van der Waals surface area (Å²) in [5.41, 5.74) is 4.11. The summed E-state index contributed by atoms with van der Waals surface area (Å²) >= 11 is 1.68. The summed E-state index contributed by atoms with van der Waals surface area (Å²) in [5.74, 6) is 0.757. The number of nitrogens with one attached hydrogen (secondary N) is 1. The molecule has 0 spiro atoms. The third-order valence-electron chi connectivity index (χ3n) is 3.43. The van der Waals surface area contributed by atoms with Gasteiger partial charge in [0.25, 0.3) is 0 Å². The Bertz CT molecular complexity index is 561. The van der Waals surface area contributed by atoms with E-state index in [1.807, 2.05) is 31.9 Å². The van der Waals surface area contributed by atoms with Gasteiger partial charge in [-0.1, -0.05) is 0 Å². The molecule has 0 amide bonds. The fraction of sp³-hybridized carbons (Fsp3) is 0.500. The van der Waals surface area contributed by atoms with Gasteiger partial charge in [-0.2, -0.15) is 0 Å². The molecule has 1 aliphatic carbocycles. The second-order valence-corrected chi connectivity index (χ2v) is 6.20. The summed E-state index contributed by atoms with van der Waals surface area (Å²) in [6.45, 7) is 3.70. The molecule has 0 bridgehead atoms. The first-order valence-corrected chi connectivity index (χ1v) is 7.75. The van der Waals surface area contributed by atoms with Crippen molar-refractivity contribution in [2.45, 2.75) is 38.9 Å². The maximum absolute atomic E-state index is 4.45. The van der Waals surface area contributed by atoms with E-state index in [1.165, 1.54) is 17.7 Å². The molecule has 106 valence electrons. The Morgan fingerprint density at radius 1 is 1.30 bits per heavy atom. The smallest absolute Gasteiger partial charge is 0.225 e. The molecule has 0 unspecified atom stereocenters. The van der Waals surface area contributed by atoms with Gasteiger partial charge in [0.05, 0.1) is 17.7 Å². The van der Waals surface area contributed by atoms with E-state index in [-0.39, 0.29) is 0 Å². The summed E-state index contributed by atoms with van der Waals surface area (Å²) < 4.78 is 0. The first kappa shape index (κ1) is 13.5. The van der Waals surface area contributed by atoms with Crippen LogP contribution in [-0.4, -0.2) is 28.0 Å². The highest BCUT2D eigenvalue weighted by Gasteiger charge is 2.20. The van der Waals surface area contributed by atoms with Gasteiger partial charge >= 0.3 is 0 Å². The molecule has 0 aliphatic heterocycles. The van der Waals surface area contributed by atoms with Crippen molar-refractivity contribution in [1.29, 1.82) is 0 Å². The highest BCUT2D eigenvalue weighted by atomic mass is 32.1. The quantitative estimate of drug-likeness (QED) is 0.883. The van der Waals surface area contributed by atoms with Crippen LogP contribution in [0.5, 0.6) is 0 Å². The molecule has 0 saturated heterocycles. The molecule has 1 saturated carbocycles. The Morgan fingerprint density at radius 3 is 2.65 bits per heavy atom. The van der Waals surface area contributed by atoms with E-state index >= 15 is 0 Å². The second-order valence-electron chi connectivity index (χ2n) is 5.26. The number of hydrogen-bond acceptors (Lipinski definition) is 6. The lowest BCUT2D eigenvalue weighted by molar-refractivity contribution is 0.682. The van der Waals surface area contributed by atoms with Crippen LogP contribution < -0.4 is 10.2 Å². The first-order chi connectivity index (χ1) is 9.72. The third-order valence-corrected chi connectivity index (χ3v) is 4.35. The van der Waals surface area contributed by atoms with E-state index in [1.54, 1.807) is 11.3 Å². The van der Waals surface area contributed by atoms with Crippen LogP contribution in [0.3, 0.4) is 0 Å². The second kappa shape index (κ2) is 5.85. The Balaban J connectivity index is 1.59. The maximum atomic E-state index is 4.45. The zero-order chi connectivity index (χ0) is 13.9. The summed E-state index contributed by atoms with van der Waals surface area (Å²) in [6, 6.07) is 0.714. The van der Waals surface area contributed by atoms with Gasteiger partial charge in [0.1, 0.15) is 0 Å². The van der Waals surface area contributed by atoms with Crippen LogP contribution in [0.25, 0.3) is 0 Å². The van der Waals surface area contributed by atoms with E-state index in [2.05, 4.69) is 25.2 Å². The zero-order valence-electron chi connectivity index (χ0n) is 11.8. The van der Waals surface area contributed by atoms with E-state index < -0.39 is 0 Å². The maximum Gasteiger partial charge on any atom is 0.225 e. The van der Waals surface area contributed by atoms with Gasteiger partial charge in [0, 0.05) is 42.5 Å². The van der Waals surface area contributed by atoms with Crippen LogP contribution in [0.4, 0.5) is 5.95 Å². The molecule has 2 aromatic heterocycles. The number of rotatable bonds is 6. The molecule has 5 nitrogen and oxygen atoms in total. The summed E-state index contributed by atoms with van der Waals surface area (Å²) in [4.78, 5) is 16.5. The van der Waals surface area contributed by atoms with Crippen LogP contribution in [0.15, 0.2) is 17.9 Å². The third kappa shape index (κ3) is 3.32. The standard InChI is InChI=1S/C14H19N5S/c1-10-13(20-9-18-10)8-19(2)14-16-6-11(7-17-14)5-15-12-3-4-12/h6-7,9,12,15H,3-5,8H2,1-2H3. The minimum absolute atomic E-state index is 0.714. The Kier molecular flexibility index (Phi) is 3.93. The summed E-state index contributed by atoms with van der Waals surface area (Å²) in [6.07, 6.45) is 6.42. The van der Waals surface area contributed by atoms with Gasteiger partial charge in [-0.05, 0) is 19.8 Å². The zero-order valence-corrected chi connectivity index (χ0v) is 12.7. The highest BCUT2D eigenvalue weighted by Crippen LogP contribution is 2.19. The molecule has 0 atom stereocenters. The molecular weight excluding hydrogens is 270 g/mol. The fourth-order valence-electron chi connectivity index (χ4n) is 1.95. The minimum atomic E-state index is 0.714. The molecule has 1 fully saturated rings. The van der Waals surface area contributed by atoms with Crippen molar-refractivity contribution >= 4 is 17.3 Å². The molecule has 0 radical (unpaired) electrons. The van der Waals surface area contributed by atoms with Crippen LogP contribution in [-0.2, 0) is 13.1 Å². The Hall–Kier alpha value is -1.53.